The number of hydrogen-bond acceptors (Lipinski definition) is 2. The van der Waals surface area contributed by atoms with Crippen LogP contribution in [0.2, 0.25) is 0 Å². The Hall–Kier alpha value is -4.82. The van der Waals surface area contributed by atoms with Crippen molar-refractivity contribution in [3.8, 4) is 67.0 Å². The molecule has 2 heteroatoms. The molecule has 0 fully saturated rings. The largest absolute Gasteiger partial charge is 0.256 e. The Kier molecular flexibility index (Phi) is 4.82. The van der Waals surface area contributed by atoms with Gasteiger partial charge in [0.1, 0.15) is 0 Å². The fourth-order valence-corrected chi connectivity index (χ4v) is 5.30. The lowest BCUT2D eigenvalue weighted by Gasteiger charge is -2.24. The molecule has 0 amide bonds. The average Bonchev–Trinajstić information content (AvgIpc) is 2.97. The molecular weight excluding hydrogens is 436 g/mol. The molecule has 0 aliphatic heterocycles. The quantitative estimate of drug-likeness (QED) is 0.259. The van der Waals surface area contributed by atoms with E-state index in [1.54, 1.807) is 0 Å². The van der Waals surface area contributed by atoms with Crippen LogP contribution in [0.5, 0.6) is 0 Å². The summed E-state index contributed by atoms with van der Waals surface area (Å²) in [5.41, 5.74) is 14.0. The molecule has 0 atom stereocenters. The third-order valence-electron chi connectivity index (χ3n) is 6.98. The van der Waals surface area contributed by atoms with E-state index in [0.29, 0.717) is 0 Å². The van der Waals surface area contributed by atoms with E-state index in [0.717, 1.165) is 22.5 Å². The maximum absolute atomic E-state index is 4.63. The molecule has 1 aliphatic rings. The summed E-state index contributed by atoms with van der Waals surface area (Å²) in [6.45, 7) is 0. The van der Waals surface area contributed by atoms with Crippen molar-refractivity contribution in [1.82, 2.24) is 9.97 Å². The van der Waals surface area contributed by atoms with Crippen LogP contribution in [0.25, 0.3) is 67.0 Å². The summed E-state index contributed by atoms with van der Waals surface area (Å²) < 4.78 is 0. The topological polar surface area (TPSA) is 25.8 Å². The number of pyridine rings is 2. The lowest BCUT2D eigenvalue weighted by molar-refractivity contribution is 1.32. The molecule has 36 heavy (non-hydrogen) atoms. The van der Waals surface area contributed by atoms with Crippen molar-refractivity contribution in [2.24, 2.45) is 0 Å². The number of benzene rings is 4. The fourth-order valence-electron chi connectivity index (χ4n) is 5.30. The highest BCUT2D eigenvalue weighted by Gasteiger charge is 2.22. The first-order valence-corrected chi connectivity index (χ1v) is 12.2. The highest BCUT2D eigenvalue weighted by atomic mass is 14.7. The smallest absolute Gasteiger partial charge is 0.0702 e. The standard InChI is InChI=1S/C34H22N2/c1-3-11-27-25(9-1)26-10-2-4-12-28(26)30-18-16-24(34-14-6-8-20-36-34)22-32(30)31-21-23(15-17-29(27)31)33-13-5-7-19-35-33/h1-22H. The second-order valence-electron chi connectivity index (χ2n) is 9.04. The zero-order chi connectivity index (χ0) is 23.9. The molecule has 2 heterocycles. The van der Waals surface area contributed by atoms with Crippen LogP contribution in [0.15, 0.2) is 134 Å². The summed E-state index contributed by atoms with van der Waals surface area (Å²) in [4.78, 5) is 9.26. The molecule has 1 aliphatic carbocycles. The second-order valence-corrected chi connectivity index (χ2v) is 9.04. The van der Waals surface area contributed by atoms with Crippen molar-refractivity contribution in [3.05, 3.63) is 134 Å². The SMILES string of the molecule is c1ccc(-c2ccc3c(c2)-c2cc(-c4ccccn4)ccc2-c2ccccc2-c2ccccc2-3)nc1. The van der Waals surface area contributed by atoms with Gasteiger partial charge in [0.15, 0.2) is 0 Å². The summed E-state index contributed by atoms with van der Waals surface area (Å²) in [6, 6.07) is 43.1. The van der Waals surface area contributed by atoms with Crippen molar-refractivity contribution < 1.29 is 0 Å². The number of nitrogens with zero attached hydrogens (tertiary/aromatic N) is 2. The molecule has 2 nitrogen and oxygen atoms in total. The second kappa shape index (κ2) is 8.44. The van der Waals surface area contributed by atoms with Gasteiger partial charge >= 0.3 is 0 Å². The zero-order valence-corrected chi connectivity index (χ0v) is 19.6. The molecule has 0 bridgehead atoms. The van der Waals surface area contributed by atoms with Crippen molar-refractivity contribution in [2.45, 2.75) is 0 Å². The number of rotatable bonds is 2. The Labute approximate surface area is 210 Å². The molecule has 0 spiro atoms. The van der Waals surface area contributed by atoms with E-state index in [-0.39, 0.29) is 0 Å². The lowest BCUT2D eigenvalue weighted by Crippen LogP contribution is -1.98. The highest BCUT2D eigenvalue weighted by Crippen LogP contribution is 2.49. The van der Waals surface area contributed by atoms with Crippen LogP contribution < -0.4 is 0 Å². The van der Waals surface area contributed by atoms with Crippen LogP contribution in [0.3, 0.4) is 0 Å². The third kappa shape index (κ3) is 3.35. The molecule has 0 N–H and O–H groups in total. The van der Waals surface area contributed by atoms with Crippen LogP contribution in [0.1, 0.15) is 0 Å². The van der Waals surface area contributed by atoms with Gasteiger partial charge in [-0.05, 0) is 80.9 Å². The Morgan fingerprint density at radius 1 is 0.306 bits per heavy atom. The molecule has 7 rings (SSSR count). The van der Waals surface area contributed by atoms with E-state index in [1.165, 1.54) is 44.5 Å². The summed E-state index contributed by atoms with van der Waals surface area (Å²) >= 11 is 0. The van der Waals surface area contributed by atoms with E-state index in [2.05, 4.69) is 107 Å². The number of hydrogen-bond donors (Lipinski definition) is 0. The normalized spacial score (nSPS) is 11.3. The van der Waals surface area contributed by atoms with Gasteiger partial charge in [0.25, 0.3) is 0 Å². The predicted molar refractivity (Wildman–Crippen MR) is 148 cm³/mol. The van der Waals surface area contributed by atoms with E-state index in [1.807, 2.05) is 36.7 Å². The van der Waals surface area contributed by atoms with Gasteiger partial charge in [-0.25, -0.2) is 0 Å². The summed E-state index contributed by atoms with van der Waals surface area (Å²) in [6.07, 6.45) is 3.70. The van der Waals surface area contributed by atoms with E-state index in [4.69, 9.17) is 0 Å². The van der Waals surface area contributed by atoms with Crippen LogP contribution in [0, 0.1) is 0 Å². The maximum Gasteiger partial charge on any atom is 0.0702 e. The predicted octanol–water partition coefficient (Wildman–Crippen LogP) is 8.79. The van der Waals surface area contributed by atoms with E-state index >= 15 is 0 Å². The molecule has 0 radical (unpaired) electrons. The Morgan fingerprint density at radius 2 is 0.667 bits per heavy atom. The molecule has 6 aromatic rings. The molecule has 168 valence electrons. The van der Waals surface area contributed by atoms with Crippen molar-refractivity contribution >= 4 is 0 Å². The molecular formula is C34H22N2. The van der Waals surface area contributed by atoms with Gasteiger partial charge in [-0.1, -0.05) is 84.9 Å². The minimum atomic E-state index is 0.971. The average molecular weight is 459 g/mol. The fraction of sp³-hybridized carbons (Fsp3) is 0. The van der Waals surface area contributed by atoms with Crippen LogP contribution in [-0.2, 0) is 0 Å². The molecule has 2 aromatic heterocycles. The molecule has 0 saturated heterocycles. The van der Waals surface area contributed by atoms with Crippen LogP contribution >= 0.6 is 0 Å². The Bertz CT molecular complexity index is 1590. The van der Waals surface area contributed by atoms with Gasteiger partial charge in [-0.2, -0.15) is 0 Å². The van der Waals surface area contributed by atoms with Gasteiger partial charge in [-0.15, -0.1) is 0 Å². The maximum atomic E-state index is 4.63. The Morgan fingerprint density at radius 3 is 1.03 bits per heavy atom. The number of aromatic nitrogens is 2. The summed E-state index contributed by atoms with van der Waals surface area (Å²) in [5, 5.41) is 0. The van der Waals surface area contributed by atoms with Crippen molar-refractivity contribution in [2.75, 3.05) is 0 Å². The van der Waals surface area contributed by atoms with Gasteiger partial charge in [0.05, 0.1) is 11.4 Å². The van der Waals surface area contributed by atoms with Crippen molar-refractivity contribution in [1.29, 1.82) is 0 Å². The highest BCUT2D eigenvalue weighted by molar-refractivity contribution is 6.04. The third-order valence-corrected chi connectivity index (χ3v) is 6.98. The summed E-state index contributed by atoms with van der Waals surface area (Å²) in [5.74, 6) is 0. The lowest BCUT2D eigenvalue weighted by atomic mass is 9.79. The first-order valence-electron chi connectivity index (χ1n) is 12.2. The van der Waals surface area contributed by atoms with E-state index < -0.39 is 0 Å². The van der Waals surface area contributed by atoms with Crippen molar-refractivity contribution in [3.63, 3.8) is 0 Å². The monoisotopic (exact) mass is 458 g/mol. The van der Waals surface area contributed by atoms with Gasteiger partial charge in [0.2, 0.25) is 0 Å². The molecule has 0 unspecified atom stereocenters. The molecule has 0 saturated carbocycles. The first-order chi connectivity index (χ1) is 17.9. The molecule has 4 aromatic carbocycles. The van der Waals surface area contributed by atoms with Gasteiger partial charge in [-0.3, -0.25) is 9.97 Å². The minimum absolute atomic E-state index is 0.971. The van der Waals surface area contributed by atoms with Crippen LogP contribution in [0.4, 0.5) is 0 Å². The Balaban J connectivity index is 1.59. The van der Waals surface area contributed by atoms with E-state index in [9.17, 15) is 0 Å². The zero-order valence-electron chi connectivity index (χ0n) is 19.6. The summed E-state index contributed by atoms with van der Waals surface area (Å²) in [7, 11) is 0. The number of fused-ring (bicyclic) bond motifs is 8. The van der Waals surface area contributed by atoms with Gasteiger partial charge in [0, 0.05) is 23.5 Å². The van der Waals surface area contributed by atoms with Crippen LogP contribution in [-0.4, -0.2) is 9.97 Å². The first kappa shape index (κ1) is 20.5. The van der Waals surface area contributed by atoms with Gasteiger partial charge < -0.3 is 0 Å². The minimum Gasteiger partial charge on any atom is -0.256 e.